The zero-order valence-corrected chi connectivity index (χ0v) is 10.4. The van der Waals surface area contributed by atoms with E-state index < -0.39 is 17.5 Å². The minimum atomic E-state index is -1.08. The van der Waals surface area contributed by atoms with Crippen molar-refractivity contribution in [1.29, 1.82) is 0 Å². The molecule has 1 aromatic rings. The number of carboxylic acid groups (broad SMARTS) is 2. The molecule has 0 aliphatic rings. The van der Waals surface area contributed by atoms with Gasteiger partial charge in [-0.3, -0.25) is 4.79 Å². The predicted octanol–water partition coefficient (Wildman–Crippen LogP) is 0.652. The van der Waals surface area contributed by atoms with Crippen LogP contribution in [-0.4, -0.2) is 27.7 Å². The van der Waals surface area contributed by atoms with Crippen molar-refractivity contribution in [2.45, 2.75) is 25.9 Å². The van der Waals surface area contributed by atoms with Crippen LogP contribution in [0.1, 0.15) is 29.8 Å². The first-order valence-corrected chi connectivity index (χ1v) is 5.23. The summed E-state index contributed by atoms with van der Waals surface area (Å²) in [6.45, 7) is 3.32. The van der Waals surface area contributed by atoms with Crippen LogP contribution in [0.5, 0.6) is 0 Å². The van der Waals surface area contributed by atoms with Crippen LogP contribution in [0.15, 0.2) is 24.3 Å². The van der Waals surface area contributed by atoms with Crippen LogP contribution in [0.25, 0.3) is 0 Å². The first-order valence-electron chi connectivity index (χ1n) is 5.23. The van der Waals surface area contributed by atoms with Gasteiger partial charge in [-0.25, -0.2) is 4.79 Å². The second-order valence-electron chi connectivity index (χ2n) is 4.23. The summed E-state index contributed by atoms with van der Waals surface area (Å²) in [6.07, 6.45) is 0. The van der Waals surface area contributed by atoms with E-state index in [1.807, 2.05) is 0 Å². The van der Waals surface area contributed by atoms with Gasteiger partial charge in [-0.1, -0.05) is 12.1 Å². The maximum atomic E-state index is 10.4. The third-order valence-electron chi connectivity index (χ3n) is 1.99. The molecule has 0 aromatic heterocycles. The minimum absolute atomic E-state index is 0.294. The largest absolute Gasteiger partial charge is 0.480 e. The van der Waals surface area contributed by atoms with Crippen molar-refractivity contribution >= 4 is 11.9 Å². The molecule has 0 aliphatic carbocycles. The topological polar surface area (TPSA) is 127 Å². The van der Waals surface area contributed by atoms with Crippen LogP contribution in [-0.2, 0) is 11.3 Å². The Kier molecular flexibility index (Phi) is 6.01. The molecule has 6 nitrogen and oxygen atoms in total. The molecule has 1 rings (SSSR count). The van der Waals surface area contributed by atoms with Gasteiger partial charge in [-0.15, -0.1) is 0 Å². The molecule has 0 heterocycles. The summed E-state index contributed by atoms with van der Waals surface area (Å²) < 4.78 is 0. The fourth-order valence-corrected chi connectivity index (χ4v) is 0.783. The summed E-state index contributed by atoms with van der Waals surface area (Å²) in [5.41, 5.74) is 10.6. The highest BCUT2D eigenvalue weighted by Crippen LogP contribution is 2.02. The molecular weight excluding hydrogens is 236 g/mol. The van der Waals surface area contributed by atoms with Crippen molar-refractivity contribution in [3.63, 3.8) is 0 Å². The van der Waals surface area contributed by atoms with Gasteiger partial charge in [-0.05, 0) is 31.5 Å². The monoisotopic (exact) mass is 254 g/mol. The molecule has 0 atom stereocenters. The van der Waals surface area contributed by atoms with Gasteiger partial charge < -0.3 is 21.7 Å². The van der Waals surface area contributed by atoms with Gasteiger partial charge in [0.2, 0.25) is 0 Å². The van der Waals surface area contributed by atoms with E-state index in [4.69, 9.17) is 21.7 Å². The second-order valence-corrected chi connectivity index (χ2v) is 4.23. The van der Waals surface area contributed by atoms with Gasteiger partial charge >= 0.3 is 11.9 Å². The molecule has 0 bridgehead atoms. The molecule has 0 fully saturated rings. The Morgan fingerprint density at radius 2 is 1.56 bits per heavy atom. The van der Waals surface area contributed by atoms with Crippen molar-refractivity contribution in [2.75, 3.05) is 0 Å². The lowest BCUT2D eigenvalue weighted by atomic mass is 10.1. The number of carboxylic acids is 2. The minimum Gasteiger partial charge on any atom is -0.480 e. The maximum Gasteiger partial charge on any atom is 0.335 e. The van der Waals surface area contributed by atoms with E-state index in [0.717, 1.165) is 5.56 Å². The number of benzene rings is 1. The quantitative estimate of drug-likeness (QED) is 0.627. The highest BCUT2D eigenvalue weighted by molar-refractivity contribution is 5.87. The molecule has 6 heteroatoms. The van der Waals surface area contributed by atoms with E-state index in [-0.39, 0.29) is 0 Å². The molecule has 0 saturated heterocycles. The normalized spacial score (nSPS) is 10.2. The van der Waals surface area contributed by atoms with Gasteiger partial charge in [0.25, 0.3) is 0 Å². The van der Waals surface area contributed by atoms with Gasteiger partial charge in [0.15, 0.2) is 0 Å². The lowest BCUT2D eigenvalue weighted by Gasteiger charge is -2.09. The molecule has 100 valence electrons. The Bertz CT molecular complexity index is 407. The van der Waals surface area contributed by atoms with Crippen LogP contribution in [0.4, 0.5) is 0 Å². The number of hydrogen-bond acceptors (Lipinski definition) is 4. The third-order valence-corrected chi connectivity index (χ3v) is 1.99. The molecule has 18 heavy (non-hydrogen) atoms. The van der Waals surface area contributed by atoms with Gasteiger partial charge in [0.1, 0.15) is 5.54 Å². The van der Waals surface area contributed by atoms with E-state index >= 15 is 0 Å². The Morgan fingerprint density at radius 1 is 1.17 bits per heavy atom. The zero-order chi connectivity index (χ0) is 14.3. The summed E-state index contributed by atoms with van der Waals surface area (Å²) in [5, 5.41) is 16.6. The fourth-order valence-electron chi connectivity index (χ4n) is 0.783. The van der Waals surface area contributed by atoms with E-state index in [1.165, 1.54) is 13.8 Å². The van der Waals surface area contributed by atoms with E-state index in [9.17, 15) is 9.59 Å². The molecule has 0 radical (unpaired) electrons. The summed E-state index contributed by atoms with van der Waals surface area (Å²) in [6, 6.07) is 6.52. The molecule has 0 saturated carbocycles. The van der Waals surface area contributed by atoms with Crippen molar-refractivity contribution in [1.82, 2.24) is 0 Å². The average Bonchev–Trinajstić information content (AvgIpc) is 2.28. The predicted molar refractivity (Wildman–Crippen MR) is 67.2 cm³/mol. The molecule has 0 spiro atoms. The van der Waals surface area contributed by atoms with Crippen molar-refractivity contribution in [3.8, 4) is 0 Å². The second kappa shape index (κ2) is 6.73. The summed E-state index contributed by atoms with van der Waals surface area (Å²) in [5.74, 6) is -1.89. The van der Waals surface area contributed by atoms with E-state index in [2.05, 4.69) is 0 Å². The number of hydrogen-bond donors (Lipinski definition) is 4. The number of aromatic carboxylic acids is 1. The van der Waals surface area contributed by atoms with E-state index in [1.54, 1.807) is 24.3 Å². The maximum absolute atomic E-state index is 10.4. The van der Waals surface area contributed by atoms with Crippen LogP contribution >= 0.6 is 0 Å². The number of nitrogens with two attached hydrogens (primary N) is 2. The highest BCUT2D eigenvalue weighted by Gasteiger charge is 2.19. The summed E-state index contributed by atoms with van der Waals surface area (Å²) in [4.78, 5) is 20.3. The smallest absolute Gasteiger partial charge is 0.335 e. The van der Waals surface area contributed by atoms with Crippen molar-refractivity contribution in [3.05, 3.63) is 35.4 Å². The molecule has 6 N–H and O–H groups in total. The Morgan fingerprint density at radius 3 is 1.78 bits per heavy atom. The zero-order valence-electron chi connectivity index (χ0n) is 10.4. The first-order chi connectivity index (χ1) is 8.18. The lowest BCUT2D eigenvalue weighted by molar-refractivity contribution is -0.141. The number of rotatable bonds is 3. The molecule has 0 aliphatic heterocycles. The van der Waals surface area contributed by atoms with Gasteiger partial charge in [0, 0.05) is 6.54 Å². The van der Waals surface area contributed by atoms with E-state index in [0.29, 0.717) is 12.1 Å². The Balaban J connectivity index is 0.000000360. The third kappa shape index (κ3) is 5.97. The average molecular weight is 254 g/mol. The fraction of sp³-hybridized carbons (Fsp3) is 0.333. The lowest BCUT2D eigenvalue weighted by Crippen LogP contribution is -2.41. The standard InChI is InChI=1S/C8H9NO2.C4H9NO2/c9-5-6-1-3-7(4-2-6)8(10)11;1-4(2,5)3(6)7/h1-4H,5,9H2,(H,10,11);5H2,1-2H3,(H,6,7). The summed E-state index contributed by atoms with van der Waals surface area (Å²) in [7, 11) is 0. The first kappa shape index (κ1) is 16.1. The molecular formula is C12H18N2O4. The highest BCUT2D eigenvalue weighted by atomic mass is 16.4. The van der Waals surface area contributed by atoms with Crippen molar-refractivity contribution < 1.29 is 19.8 Å². The van der Waals surface area contributed by atoms with Crippen LogP contribution in [0, 0.1) is 0 Å². The molecule has 0 amide bonds. The van der Waals surface area contributed by atoms with Crippen molar-refractivity contribution in [2.24, 2.45) is 11.5 Å². The van der Waals surface area contributed by atoms with Gasteiger partial charge in [0.05, 0.1) is 5.56 Å². The summed E-state index contributed by atoms with van der Waals surface area (Å²) >= 11 is 0. The number of carbonyl (C=O) groups is 2. The Hall–Kier alpha value is -1.92. The SMILES string of the molecule is CC(C)(N)C(=O)O.NCc1ccc(C(=O)O)cc1. The molecule has 0 unspecified atom stereocenters. The van der Waals surface area contributed by atoms with Crippen LogP contribution in [0.2, 0.25) is 0 Å². The van der Waals surface area contributed by atoms with Gasteiger partial charge in [-0.2, -0.15) is 0 Å². The Labute approximate surface area is 105 Å². The van der Waals surface area contributed by atoms with Crippen LogP contribution < -0.4 is 11.5 Å². The van der Waals surface area contributed by atoms with Crippen LogP contribution in [0.3, 0.4) is 0 Å². The molecule has 1 aromatic carbocycles. The number of aliphatic carboxylic acids is 1.